The van der Waals surface area contributed by atoms with E-state index < -0.39 is 5.60 Å². The predicted molar refractivity (Wildman–Crippen MR) is 135 cm³/mol. The van der Waals surface area contributed by atoms with Crippen LogP contribution in [0.15, 0.2) is 47.4 Å². The first-order valence-electron chi connectivity index (χ1n) is 11.0. The van der Waals surface area contributed by atoms with Crippen LogP contribution in [0.3, 0.4) is 0 Å². The van der Waals surface area contributed by atoms with Gasteiger partial charge in [0.2, 0.25) is 0 Å². The van der Waals surface area contributed by atoms with Crippen LogP contribution in [0.2, 0.25) is 0 Å². The molecule has 4 rings (SSSR count). The molecule has 170 valence electrons. The number of fused-ring (bicyclic) bond motifs is 1. The van der Waals surface area contributed by atoms with Gasteiger partial charge in [-0.25, -0.2) is 4.98 Å². The maximum Gasteiger partial charge on any atom is 0.253 e. The number of nitrogens with one attached hydrogen (secondary N) is 2. The molecule has 1 aromatic heterocycles. The Bertz CT molecular complexity index is 1070. The van der Waals surface area contributed by atoms with E-state index in [1.54, 1.807) is 11.3 Å². The number of carbonyl (C=O) groups excluding carboxylic acids is 1. The second-order valence-corrected chi connectivity index (χ2v) is 10.6. The molecule has 8 heteroatoms. The molecule has 3 aromatic rings. The molecule has 32 heavy (non-hydrogen) atoms. The Morgan fingerprint density at radius 3 is 2.59 bits per heavy atom. The molecule has 0 atom stereocenters. The average Bonchev–Trinajstić information content (AvgIpc) is 3.21. The van der Waals surface area contributed by atoms with Crippen LogP contribution in [0.1, 0.15) is 43.5 Å². The van der Waals surface area contributed by atoms with Gasteiger partial charge in [0, 0.05) is 31.4 Å². The lowest BCUT2D eigenvalue weighted by atomic mass is 9.84. The molecule has 1 amide bonds. The molecule has 0 bridgehead atoms. The normalized spacial score (nSPS) is 15.8. The third-order valence-electron chi connectivity index (χ3n) is 5.78. The maximum absolute atomic E-state index is 12.9. The number of rotatable bonds is 7. The van der Waals surface area contributed by atoms with Gasteiger partial charge < -0.3 is 20.0 Å². The fourth-order valence-corrected chi connectivity index (χ4v) is 5.85. The van der Waals surface area contributed by atoms with Crippen LogP contribution >= 0.6 is 23.3 Å². The van der Waals surface area contributed by atoms with Gasteiger partial charge in [0.05, 0.1) is 20.7 Å². The lowest BCUT2D eigenvalue weighted by Gasteiger charge is -2.39. The summed E-state index contributed by atoms with van der Waals surface area (Å²) in [4.78, 5) is 20.5. The van der Waals surface area contributed by atoms with E-state index in [4.69, 9.17) is 0 Å². The zero-order valence-electron chi connectivity index (χ0n) is 18.7. The van der Waals surface area contributed by atoms with Crippen molar-refractivity contribution in [3.63, 3.8) is 0 Å². The molecule has 6 nitrogen and oxygen atoms in total. The Labute approximate surface area is 197 Å². The van der Waals surface area contributed by atoms with Crippen molar-refractivity contribution in [1.29, 1.82) is 0 Å². The summed E-state index contributed by atoms with van der Waals surface area (Å²) in [5, 5.41) is 14.7. The highest BCUT2D eigenvalue weighted by atomic mass is 32.2. The predicted octanol–water partition coefficient (Wildman–Crippen LogP) is 5.47. The zero-order chi connectivity index (χ0) is 22.7. The van der Waals surface area contributed by atoms with Crippen molar-refractivity contribution in [1.82, 2.24) is 9.88 Å². The Balaban J connectivity index is 1.36. The van der Waals surface area contributed by atoms with Gasteiger partial charge in [-0.3, -0.25) is 4.79 Å². The maximum atomic E-state index is 12.9. The van der Waals surface area contributed by atoms with Crippen LogP contribution in [0.4, 0.5) is 10.8 Å². The number of likely N-dealkylation sites (tertiary alicyclic amines) is 1. The number of amides is 1. The van der Waals surface area contributed by atoms with Crippen molar-refractivity contribution >= 4 is 50.2 Å². The second kappa shape index (κ2) is 9.68. The van der Waals surface area contributed by atoms with Crippen LogP contribution < -0.4 is 10.0 Å². The summed E-state index contributed by atoms with van der Waals surface area (Å²) >= 11 is 3.15. The Kier molecular flexibility index (Phi) is 6.93. The van der Waals surface area contributed by atoms with E-state index in [0.717, 1.165) is 32.4 Å². The van der Waals surface area contributed by atoms with Crippen LogP contribution in [-0.4, -0.2) is 46.6 Å². The number of thiazole rings is 1. The van der Waals surface area contributed by atoms with Crippen molar-refractivity contribution in [2.45, 2.75) is 43.6 Å². The molecular formula is C24H30N4O2S2. The molecule has 1 saturated heterocycles. The fourth-order valence-electron chi connectivity index (χ4n) is 4.18. The summed E-state index contributed by atoms with van der Waals surface area (Å²) in [6.45, 7) is 5.45. The van der Waals surface area contributed by atoms with Gasteiger partial charge in [0.25, 0.3) is 5.91 Å². The number of hydrogen-bond acceptors (Lipinski definition) is 7. The fraction of sp³-hybridized carbons (Fsp3) is 0.417. The van der Waals surface area contributed by atoms with E-state index in [0.29, 0.717) is 37.4 Å². The standard InChI is InChI=1S/C24H30N4O2S2/c1-16(2)15-24(30)11-13-28(14-12-24)22(29)17-7-9-18(10-8-17)27-32-20-6-4-5-19-21(20)26-23(25-3)31-19/h4-10,16,27,30H,11-15H2,1-3H3,(H,25,26). The highest BCUT2D eigenvalue weighted by Crippen LogP contribution is 2.34. The minimum absolute atomic E-state index is 0.0302. The molecule has 0 aliphatic carbocycles. The summed E-state index contributed by atoms with van der Waals surface area (Å²) < 4.78 is 4.50. The molecule has 2 aromatic carbocycles. The van der Waals surface area contributed by atoms with Gasteiger partial charge in [-0.15, -0.1) is 0 Å². The van der Waals surface area contributed by atoms with Crippen LogP contribution in [0.5, 0.6) is 0 Å². The van der Waals surface area contributed by atoms with Gasteiger partial charge in [0.15, 0.2) is 5.13 Å². The highest BCUT2D eigenvalue weighted by Gasteiger charge is 2.34. The first kappa shape index (κ1) is 22.9. The van der Waals surface area contributed by atoms with Gasteiger partial charge in [-0.1, -0.05) is 31.3 Å². The summed E-state index contributed by atoms with van der Waals surface area (Å²) in [5.41, 5.74) is 1.95. The van der Waals surface area contributed by atoms with Crippen molar-refractivity contribution in [3.8, 4) is 0 Å². The smallest absolute Gasteiger partial charge is 0.253 e. The zero-order valence-corrected chi connectivity index (χ0v) is 20.4. The van der Waals surface area contributed by atoms with E-state index >= 15 is 0 Å². The molecule has 0 radical (unpaired) electrons. The second-order valence-electron chi connectivity index (χ2n) is 8.77. The molecule has 0 spiro atoms. The minimum atomic E-state index is -0.635. The number of anilines is 2. The third kappa shape index (κ3) is 5.19. The lowest BCUT2D eigenvalue weighted by molar-refractivity contribution is -0.0311. The Morgan fingerprint density at radius 2 is 1.94 bits per heavy atom. The number of carbonyl (C=O) groups is 1. The lowest BCUT2D eigenvalue weighted by Crippen LogP contribution is -2.47. The highest BCUT2D eigenvalue weighted by molar-refractivity contribution is 8.00. The minimum Gasteiger partial charge on any atom is -0.390 e. The molecule has 1 aliphatic heterocycles. The topological polar surface area (TPSA) is 77.5 Å². The van der Waals surface area contributed by atoms with Crippen molar-refractivity contribution in [2.24, 2.45) is 5.92 Å². The molecule has 0 unspecified atom stereocenters. The molecular weight excluding hydrogens is 440 g/mol. The van der Waals surface area contributed by atoms with E-state index in [2.05, 4.69) is 34.9 Å². The van der Waals surface area contributed by atoms with Gasteiger partial charge in [-0.2, -0.15) is 0 Å². The number of benzene rings is 2. The van der Waals surface area contributed by atoms with Crippen molar-refractivity contribution < 1.29 is 9.90 Å². The van der Waals surface area contributed by atoms with Gasteiger partial charge in [0.1, 0.15) is 0 Å². The Hall–Kier alpha value is -2.29. The summed E-state index contributed by atoms with van der Waals surface area (Å²) in [6.07, 6.45) is 2.08. The van der Waals surface area contributed by atoms with Crippen LogP contribution in [0, 0.1) is 5.92 Å². The van der Waals surface area contributed by atoms with E-state index in [1.165, 1.54) is 11.9 Å². The van der Waals surface area contributed by atoms with E-state index in [1.807, 2.05) is 48.3 Å². The summed E-state index contributed by atoms with van der Waals surface area (Å²) in [5.74, 6) is 0.482. The van der Waals surface area contributed by atoms with Crippen LogP contribution in [0.25, 0.3) is 10.2 Å². The Morgan fingerprint density at radius 1 is 1.22 bits per heavy atom. The summed E-state index contributed by atoms with van der Waals surface area (Å²) in [6, 6.07) is 13.7. The number of aromatic nitrogens is 1. The van der Waals surface area contributed by atoms with E-state index in [9.17, 15) is 9.90 Å². The van der Waals surface area contributed by atoms with Gasteiger partial charge >= 0.3 is 0 Å². The number of piperidine rings is 1. The molecule has 0 saturated carbocycles. The van der Waals surface area contributed by atoms with Crippen LogP contribution in [-0.2, 0) is 0 Å². The van der Waals surface area contributed by atoms with E-state index in [-0.39, 0.29) is 5.91 Å². The number of aliphatic hydroxyl groups is 1. The van der Waals surface area contributed by atoms with Crippen molar-refractivity contribution in [3.05, 3.63) is 48.0 Å². The number of hydrogen-bond donors (Lipinski definition) is 3. The van der Waals surface area contributed by atoms with Gasteiger partial charge in [-0.05, 0) is 73.5 Å². The number of nitrogens with zero attached hydrogens (tertiary/aromatic N) is 2. The molecule has 3 N–H and O–H groups in total. The third-order valence-corrected chi connectivity index (χ3v) is 7.70. The molecule has 2 heterocycles. The SMILES string of the molecule is CNc1nc2c(SNc3ccc(C(=O)N4CCC(O)(CC(C)C)CC4)cc3)cccc2s1. The monoisotopic (exact) mass is 470 g/mol. The largest absolute Gasteiger partial charge is 0.390 e. The first-order chi connectivity index (χ1) is 15.4. The average molecular weight is 471 g/mol. The van der Waals surface area contributed by atoms with Crippen molar-refractivity contribution in [2.75, 3.05) is 30.2 Å². The quantitative estimate of drug-likeness (QED) is 0.398. The molecule has 1 fully saturated rings. The molecule has 1 aliphatic rings. The first-order valence-corrected chi connectivity index (χ1v) is 12.6. The summed E-state index contributed by atoms with van der Waals surface area (Å²) in [7, 11) is 1.88. The number of para-hydroxylation sites is 1.